The van der Waals surface area contributed by atoms with E-state index < -0.39 is 0 Å². The zero-order valence-corrected chi connectivity index (χ0v) is 14.0. The molecule has 0 radical (unpaired) electrons. The normalized spacial score (nSPS) is 17.2. The Morgan fingerprint density at radius 3 is 2.58 bits per heavy atom. The summed E-state index contributed by atoms with van der Waals surface area (Å²) in [6, 6.07) is 15.9. The van der Waals surface area contributed by atoms with Gasteiger partial charge in [0.15, 0.2) is 0 Å². The highest BCUT2D eigenvalue weighted by Gasteiger charge is 2.16. The molecule has 0 bridgehead atoms. The first-order valence-corrected chi connectivity index (χ1v) is 8.10. The predicted octanol–water partition coefficient (Wildman–Crippen LogP) is 3.47. The van der Waals surface area contributed by atoms with E-state index >= 15 is 0 Å². The van der Waals surface area contributed by atoms with Gasteiger partial charge in [0.1, 0.15) is 5.75 Å². The molecule has 0 aromatic heterocycles. The number of ether oxygens (including phenoxy) is 1. The quantitative estimate of drug-likeness (QED) is 0.654. The van der Waals surface area contributed by atoms with E-state index in [0.29, 0.717) is 5.92 Å². The molecule has 2 aromatic rings. The van der Waals surface area contributed by atoms with Crippen molar-refractivity contribution in [2.45, 2.75) is 13.3 Å². The van der Waals surface area contributed by atoms with Crippen LogP contribution in [0.2, 0.25) is 0 Å². The van der Waals surface area contributed by atoms with Crippen LogP contribution >= 0.6 is 0 Å². The van der Waals surface area contributed by atoms with Gasteiger partial charge in [-0.1, -0.05) is 19.1 Å². The van der Waals surface area contributed by atoms with Crippen LogP contribution in [0.4, 0.5) is 5.69 Å². The Balaban J connectivity index is 1.61. The van der Waals surface area contributed by atoms with Crippen molar-refractivity contribution in [2.75, 3.05) is 19.1 Å². The van der Waals surface area contributed by atoms with Gasteiger partial charge in [0.2, 0.25) is 0 Å². The molecule has 0 amide bonds. The van der Waals surface area contributed by atoms with Crippen molar-refractivity contribution < 1.29 is 4.74 Å². The third kappa shape index (κ3) is 3.93. The second-order valence-electron chi connectivity index (χ2n) is 5.82. The number of anilines is 1. The summed E-state index contributed by atoms with van der Waals surface area (Å²) in [5.41, 5.74) is 10.4. The minimum absolute atomic E-state index is 0.484. The van der Waals surface area contributed by atoms with E-state index in [-0.39, 0.29) is 0 Å². The molecule has 24 heavy (non-hydrogen) atoms. The van der Waals surface area contributed by atoms with Crippen molar-refractivity contribution in [3.05, 3.63) is 59.7 Å². The maximum atomic E-state index is 5.14. The van der Waals surface area contributed by atoms with Gasteiger partial charge in [0.05, 0.1) is 24.7 Å². The van der Waals surface area contributed by atoms with E-state index in [1.165, 1.54) is 0 Å². The van der Waals surface area contributed by atoms with Crippen LogP contribution in [-0.4, -0.2) is 25.6 Å². The lowest BCUT2D eigenvalue weighted by Crippen LogP contribution is -2.27. The number of rotatable bonds is 5. The van der Waals surface area contributed by atoms with Gasteiger partial charge in [-0.05, 0) is 53.9 Å². The molecule has 3 rings (SSSR count). The predicted molar refractivity (Wildman–Crippen MR) is 99.0 cm³/mol. The van der Waals surface area contributed by atoms with Gasteiger partial charge >= 0.3 is 0 Å². The van der Waals surface area contributed by atoms with Gasteiger partial charge in [-0.3, -0.25) is 5.43 Å². The fourth-order valence-corrected chi connectivity index (χ4v) is 2.60. The van der Waals surface area contributed by atoms with Gasteiger partial charge in [-0.2, -0.15) is 10.2 Å². The van der Waals surface area contributed by atoms with E-state index in [2.05, 4.69) is 40.1 Å². The third-order valence-corrected chi connectivity index (χ3v) is 4.06. The maximum absolute atomic E-state index is 5.14. The average Bonchev–Trinajstić information content (AvgIpc) is 2.63. The van der Waals surface area contributed by atoms with Crippen molar-refractivity contribution >= 4 is 17.6 Å². The Bertz CT molecular complexity index is 720. The largest absolute Gasteiger partial charge is 0.497 e. The monoisotopic (exact) mass is 322 g/mol. The minimum Gasteiger partial charge on any atom is -0.497 e. The number of hydrogen-bond donors (Lipinski definition) is 2. The topological polar surface area (TPSA) is 58.0 Å². The zero-order chi connectivity index (χ0) is 16.8. The molecule has 0 saturated carbocycles. The van der Waals surface area contributed by atoms with E-state index in [1.54, 1.807) is 13.3 Å². The van der Waals surface area contributed by atoms with Crippen LogP contribution in [0, 0.1) is 5.92 Å². The first kappa shape index (κ1) is 16.1. The molecular weight excluding hydrogens is 300 g/mol. The van der Waals surface area contributed by atoms with Crippen molar-refractivity contribution in [2.24, 2.45) is 16.1 Å². The Morgan fingerprint density at radius 1 is 1.17 bits per heavy atom. The molecule has 1 atom stereocenters. The lowest BCUT2D eigenvalue weighted by atomic mass is 9.94. The van der Waals surface area contributed by atoms with Gasteiger partial charge in [0, 0.05) is 12.5 Å². The molecule has 0 aliphatic carbocycles. The number of nitrogens with zero attached hydrogens (tertiary/aromatic N) is 2. The van der Waals surface area contributed by atoms with Crippen molar-refractivity contribution in [3.63, 3.8) is 0 Å². The maximum Gasteiger partial charge on any atom is 0.118 e. The van der Waals surface area contributed by atoms with E-state index in [4.69, 9.17) is 4.74 Å². The molecule has 1 aliphatic heterocycles. The molecule has 124 valence electrons. The molecule has 5 nitrogen and oxygen atoms in total. The summed E-state index contributed by atoms with van der Waals surface area (Å²) >= 11 is 0. The summed E-state index contributed by atoms with van der Waals surface area (Å²) in [5, 5.41) is 8.70. The summed E-state index contributed by atoms with van der Waals surface area (Å²) in [7, 11) is 1.66. The fourth-order valence-electron chi connectivity index (χ4n) is 2.60. The van der Waals surface area contributed by atoms with Crippen LogP contribution in [0.5, 0.6) is 5.75 Å². The fraction of sp³-hybridized carbons (Fsp3) is 0.263. The van der Waals surface area contributed by atoms with E-state index in [9.17, 15) is 0 Å². The molecule has 1 heterocycles. The highest BCUT2D eigenvalue weighted by atomic mass is 16.5. The van der Waals surface area contributed by atoms with Crippen LogP contribution in [0.25, 0.3) is 0 Å². The van der Waals surface area contributed by atoms with Crippen LogP contribution in [0.3, 0.4) is 0 Å². The van der Waals surface area contributed by atoms with Gasteiger partial charge in [-0.25, -0.2) is 0 Å². The summed E-state index contributed by atoms with van der Waals surface area (Å²) < 4.78 is 5.14. The Labute approximate surface area is 142 Å². The first-order valence-electron chi connectivity index (χ1n) is 8.10. The Kier molecular flexibility index (Phi) is 5.11. The highest BCUT2D eigenvalue weighted by Crippen LogP contribution is 2.18. The second kappa shape index (κ2) is 7.64. The van der Waals surface area contributed by atoms with Gasteiger partial charge in [-0.15, -0.1) is 0 Å². The number of benzene rings is 2. The molecule has 0 saturated heterocycles. The molecule has 2 aromatic carbocycles. The summed E-state index contributed by atoms with van der Waals surface area (Å²) in [6.45, 7) is 3.16. The SMILES string of the molecule is COc1ccc(C=NNc2ccc(C3=NNCCC3C)cc2)cc1. The molecule has 5 heteroatoms. The number of hydrogen-bond acceptors (Lipinski definition) is 5. The highest BCUT2D eigenvalue weighted by molar-refractivity contribution is 6.02. The Hall–Kier alpha value is -2.82. The molecule has 0 spiro atoms. The van der Waals surface area contributed by atoms with E-state index in [0.717, 1.165) is 41.2 Å². The van der Waals surface area contributed by atoms with Crippen LogP contribution in [0.1, 0.15) is 24.5 Å². The molecule has 1 aliphatic rings. The van der Waals surface area contributed by atoms with Gasteiger partial charge in [0.25, 0.3) is 0 Å². The minimum atomic E-state index is 0.484. The number of nitrogens with one attached hydrogen (secondary N) is 2. The van der Waals surface area contributed by atoms with Crippen LogP contribution in [-0.2, 0) is 0 Å². The van der Waals surface area contributed by atoms with Crippen LogP contribution in [0.15, 0.2) is 58.7 Å². The van der Waals surface area contributed by atoms with Crippen molar-refractivity contribution in [1.82, 2.24) is 5.43 Å². The van der Waals surface area contributed by atoms with Crippen molar-refractivity contribution in [3.8, 4) is 5.75 Å². The Morgan fingerprint density at radius 2 is 1.92 bits per heavy atom. The summed E-state index contributed by atoms with van der Waals surface area (Å²) in [4.78, 5) is 0. The van der Waals surface area contributed by atoms with E-state index in [1.807, 2.05) is 36.4 Å². The lowest BCUT2D eigenvalue weighted by molar-refractivity contribution is 0.415. The zero-order valence-electron chi connectivity index (χ0n) is 14.0. The standard InChI is InChI=1S/C19H22N4O/c1-14-11-12-20-23-19(14)16-5-7-17(8-6-16)22-21-13-15-3-9-18(24-2)10-4-15/h3-10,13-14,20,22H,11-12H2,1-2H3. The number of methoxy groups -OCH3 is 1. The third-order valence-electron chi connectivity index (χ3n) is 4.06. The lowest BCUT2D eigenvalue weighted by Gasteiger charge is -2.20. The van der Waals surface area contributed by atoms with Gasteiger partial charge < -0.3 is 10.2 Å². The molecule has 2 N–H and O–H groups in total. The molecule has 1 unspecified atom stereocenters. The second-order valence-corrected chi connectivity index (χ2v) is 5.82. The molecule has 0 fully saturated rings. The summed E-state index contributed by atoms with van der Waals surface area (Å²) in [6.07, 6.45) is 2.90. The number of hydrazone groups is 2. The first-order chi connectivity index (χ1) is 11.8. The van der Waals surface area contributed by atoms with Crippen molar-refractivity contribution in [1.29, 1.82) is 0 Å². The average molecular weight is 322 g/mol. The molecular formula is C19H22N4O. The van der Waals surface area contributed by atoms with Crippen LogP contribution < -0.4 is 15.6 Å². The smallest absolute Gasteiger partial charge is 0.118 e. The summed E-state index contributed by atoms with van der Waals surface area (Å²) in [5.74, 6) is 1.32.